The Bertz CT molecular complexity index is 639. The molecule has 7 nitrogen and oxygen atoms in total. The number of thioether (sulfide) groups is 1. The number of nitrogens with one attached hydrogen (secondary N) is 2. The number of anilines is 1. The monoisotopic (exact) mass is 420 g/mol. The summed E-state index contributed by atoms with van der Waals surface area (Å²) in [5, 5.41) is 5.28. The fraction of sp³-hybridized carbons (Fsp3) is 0.308. The first-order chi connectivity index (χ1) is 10.5. The maximum Gasteiger partial charge on any atom is 0.260 e. The third-order valence-electron chi connectivity index (χ3n) is 2.80. The summed E-state index contributed by atoms with van der Waals surface area (Å²) in [6, 6.07) is 3.41. The fourth-order valence-electron chi connectivity index (χ4n) is 1.70. The van der Waals surface area contributed by atoms with Crippen LogP contribution in [-0.4, -0.2) is 33.6 Å². The molecule has 0 saturated heterocycles. The number of aliphatic imine (C=N–C) groups is 1. The van der Waals surface area contributed by atoms with Crippen molar-refractivity contribution in [2.24, 2.45) is 10.9 Å². The molecule has 1 unspecified atom stereocenters. The number of hydrogen-bond donors (Lipinski definition) is 2. The topological polar surface area (TPSA) is 101 Å². The molecule has 2 heterocycles. The Morgan fingerprint density at radius 3 is 2.74 bits per heavy atom. The van der Waals surface area contributed by atoms with Gasteiger partial charge in [-0.1, -0.05) is 18.7 Å². The molecule has 1 atom stereocenters. The van der Waals surface area contributed by atoms with Gasteiger partial charge in [-0.05, 0) is 34.5 Å². The lowest BCUT2D eigenvalue weighted by atomic mass is 10.0. The third-order valence-corrected chi connectivity index (χ3v) is 4.14. The van der Waals surface area contributed by atoms with E-state index in [9.17, 15) is 14.4 Å². The van der Waals surface area contributed by atoms with Crippen molar-refractivity contribution in [2.75, 3.05) is 11.1 Å². The highest BCUT2D eigenvalue weighted by molar-refractivity contribution is 9.10. The van der Waals surface area contributed by atoms with Gasteiger partial charge < -0.3 is 10.6 Å². The molecular weight excluding hydrogens is 408 g/mol. The highest BCUT2D eigenvalue weighted by atomic mass is 79.9. The first-order valence-electron chi connectivity index (χ1n) is 6.47. The molecule has 0 fully saturated rings. The zero-order valence-corrected chi connectivity index (χ0v) is 15.3. The number of rotatable bonds is 4. The van der Waals surface area contributed by atoms with Gasteiger partial charge >= 0.3 is 0 Å². The third kappa shape index (κ3) is 5.60. The minimum absolute atomic E-state index is 0. The molecule has 1 aliphatic rings. The zero-order valence-electron chi connectivity index (χ0n) is 12.0. The minimum Gasteiger partial charge on any atom is -0.310 e. The van der Waals surface area contributed by atoms with Crippen LogP contribution in [0.2, 0.25) is 0 Å². The van der Waals surface area contributed by atoms with Crippen LogP contribution in [-0.2, 0) is 14.4 Å². The smallest absolute Gasteiger partial charge is 0.260 e. The van der Waals surface area contributed by atoms with E-state index in [1.165, 1.54) is 0 Å². The number of amides is 3. The summed E-state index contributed by atoms with van der Waals surface area (Å²) < 4.78 is 0.808. The second kappa shape index (κ2) is 8.99. The van der Waals surface area contributed by atoms with E-state index in [4.69, 9.17) is 0 Å². The average molecular weight is 422 g/mol. The number of carbonyl (C=O) groups is 3. The van der Waals surface area contributed by atoms with Gasteiger partial charge in [0.25, 0.3) is 5.91 Å². The summed E-state index contributed by atoms with van der Waals surface area (Å²) in [5.74, 6) is -1.44. The van der Waals surface area contributed by atoms with E-state index < -0.39 is 11.8 Å². The van der Waals surface area contributed by atoms with Gasteiger partial charge in [0.05, 0.1) is 5.75 Å². The van der Waals surface area contributed by atoms with Crippen LogP contribution < -0.4 is 10.6 Å². The Kier molecular flexibility index (Phi) is 7.66. The molecule has 23 heavy (non-hydrogen) atoms. The van der Waals surface area contributed by atoms with Crippen molar-refractivity contribution in [3.05, 3.63) is 22.8 Å². The number of carbonyl (C=O) groups excluding carboxylic acids is 3. The molecule has 2 rings (SSSR count). The van der Waals surface area contributed by atoms with Crippen molar-refractivity contribution < 1.29 is 14.4 Å². The zero-order chi connectivity index (χ0) is 16.1. The van der Waals surface area contributed by atoms with Gasteiger partial charge in [-0.25, -0.2) is 4.98 Å². The van der Waals surface area contributed by atoms with Gasteiger partial charge in [-0.3, -0.25) is 14.4 Å². The summed E-state index contributed by atoms with van der Waals surface area (Å²) in [5.41, 5.74) is 0. The summed E-state index contributed by atoms with van der Waals surface area (Å²) in [4.78, 5) is 42.9. The lowest BCUT2D eigenvalue weighted by molar-refractivity contribution is -0.133. The molecule has 124 valence electrons. The average Bonchev–Trinajstić information content (AvgIpc) is 2.47. The highest BCUT2D eigenvalue weighted by Gasteiger charge is 2.30. The Hall–Kier alpha value is -1.45. The minimum atomic E-state index is -0.731. The van der Waals surface area contributed by atoms with Crippen LogP contribution in [0.4, 0.5) is 5.82 Å². The number of hydrogen-bond acceptors (Lipinski definition) is 5. The predicted octanol–water partition coefficient (Wildman–Crippen LogP) is 1.98. The number of amidine groups is 1. The van der Waals surface area contributed by atoms with Crippen molar-refractivity contribution in [2.45, 2.75) is 13.3 Å². The molecule has 10 heteroatoms. The summed E-state index contributed by atoms with van der Waals surface area (Å²) in [6.45, 7) is 1.74. The van der Waals surface area contributed by atoms with Crippen LogP contribution in [0, 0.1) is 5.92 Å². The highest BCUT2D eigenvalue weighted by Crippen LogP contribution is 2.15. The van der Waals surface area contributed by atoms with E-state index in [1.807, 2.05) is 0 Å². The van der Waals surface area contributed by atoms with Crippen LogP contribution in [0.15, 0.2) is 27.8 Å². The first kappa shape index (κ1) is 19.6. The molecule has 1 aromatic heterocycles. The molecule has 1 aliphatic heterocycles. The SMILES string of the molecule is CCC1C(=O)N=C(SCC(=O)Nc2ccc(Br)cn2)NC1=O.Cl. The van der Waals surface area contributed by atoms with Crippen molar-refractivity contribution in [1.29, 1.82) is 0 Å². The second-order valence-corrected chi connectivity index (χ2v) is 6.28. The fourth-order valence-corrected chi connectivity index (χ4v) is 2.60. The lowest BCUT2D eigenvalue weighted by Gasteiger charge is -2.18. The van der Waals surface area contributed by atoms with Gasteiger partial charge in [-0.15, -0.1) is 12.4 Å². The normalized spacial score (nSPS) is 17.0. The molecule has 0 spiro atoms. The van der Waals surface area contributed by atoms with Crippen molar-refractivity contribution in [3.8, 4) is 0 Å². The van der Waals surface area contributed by atoms with Crippen molar-refractivity contribution in [1.82, 2.24) is 10.3 Å². The summed E-state index contributed by atoms with van der Waals surface area (Å²) >= 11 is 4.25. The Balaban J connectivity index is 0.00000264. The molecule has 0 aromatic carbocycles. The quantitative estimate of drug-likeness (QED) is 0.724. The van der Waals surface area contributed by atoms with E-state index in [1.54, 1.807) is 25.3 Å². The number of halogens is 2. The maximum atomic E-state index is 11.8. The number of pyridine rings is 1. The van der Waals surface area contributed by atoms with E-state index in [-0.39, 0.29) is 35.1 Å². The number of aromatic nitrogens is 1. The van der Waals surface area contributed by atoms with Gasteiger partial charge in [0.15, 0.2) is 5.17 Å². The standard InChI is InChI=1S/C13H13BrN4O3S.ClH/c1-2-8-11(20)17-13(18-12(8)21)22-6-10(19)16-9-4-3-7(14)5-15-9;/h3-5,8H,2,6H2,1H3,(H,15,16,19)(H,17,18,20,21);1H. The second-order valence-electron chi connectivity index (χ2n) is 4.40. The molecule has 0 aliphatic carbocycles. The Morgan fingerprint density at radius 2 is 2.17 bits per heavy atom. The molecule has 1 aromatic rings. The van der Waals surface area contributed by atoms with Gasteiger partial charge in [-0.2, -0.15) is 4.99 Å². The largest absolute Gasteiger partial charge is 0.310 e. The summed E-state index contributed by atoms with van der Waals surface area (Å²) in [6.07, 6.45) is 1.97. The van der Waals surface area contributed by atoms with E-state index >= 15 is 0 Å². The van der Waals surface area contributed by atoms with Crippen LogP contribution in [0.1, 0.15) is 13.3 Å². The van der Waals surface area contributed by atoms with Crippen molar-refractivity contribution in [3.63, 3.8) is 0 Å². The van der Waals surface area contributed by atoms with Gasteiger partial charge in [0.2, 0.25) is 11.8 Å². The van der Waals surface area contributed by atoms with E-state index in [0.29, 0.717) is 12.2 Å². The van der Waals surface area contributed by atoms with Crippen LogP contribution in [0.3, 0.4) is 0 Å². The van der Waals surface area contributed by atoms with Gasteiger partial charge in [0.1, 0.15) is 11.7 Å². The number of nitrogens with zero attached hydrogens (tertiary/aromatic N) is 2. The first-order valence-corrected chi connectivity index (χ1v) is 8.25. The molecule has 3 amide bonds. The van der Waals surface area contributed by atoms with E-state index in [2.05, 4.69) is 36.5 Å². The molecule has 0 radical (unpaired) electrons. The molecule has 0 bridgehead atoms. The predicted molar refractivity (Wildman–Crippen MR) is 94.6 cm³/mol. The van der Waals surface area contributed by atoms with E-state index in [0.717, 1.165) is 16.2 Å². The molecule has 0 saturated carbocycles. The lowest BCUT2D eigenvalue weighted by Crippen LogP contribution is -2.42. The van der Waals surface area contributed by atoms with Crippen LogP contribution in [0.5, 0.6) is 0 Å². The van der Waals surface area contributed by atoms with Crippen LogP contribution >= 0.6 is 40.1 Å². The summed E-state index contributed by atoms with van der Waals surface area (Å²) in [7, 11) is 0. The Morgan fingerprint density at radius 1 is 1.43 bits per heavy atom. The Labute approximate surface area is 151 Å². The van der Waals surface area contributed by atoms with Crippen LogP contribution in [0.25, 0.3) is 0 Å². The molecule has 2 N–H and O–H groups in total. The maximum absolute atomic E-state index is 11.8. The van der Waals surface area contributed by atoms with Gasteiger partial charge in [0, 0.05) is 10.7 Å². The molecular formula is C13H14BrClN4O3S. The van der Waals surface area contributed by atoms with Crippen molar-refractivity contribution >= 4 is 68.8 Å².